The SMILES string of the molecule is CCCNC(CCC(=O)OC)C(O)c1ccc(C)cc1. The number of hydrogen-bond donors (Lipinski definition) is 2. The third-order valence-corrected chi connectivity index (χ3v) is 3.34. The highest BCUT2D eigenvalue weighted by atomic mass is 16.5. The van der Waals surface area contributed by atoms with Crippen LogP contribution in [0.15, 0.2) is 24.3 Å². The van der Waals surface area contributed by atoms with Gasteiger partial charge in [0.15, 0.2) is 0 Å². The summed E-state index contributed by atoms with van der Waals surface area (Å²) < 4.78 is 4.66. The molecular formula is C16H25NO3. The Bertz CT molecular complexity index is 403. The van der Waals surface area contributed by atoms with Crippen LogP contribution >= 0.6 is 0 Å². The molecule has 0 spiro atoms. The number of carbonyl (C=O) groups excluding carboxylic acids is 1. The number of aliphatic hydroxyl groups is 1. The molecule has 1 rings (SSSR count). The molecule has 0 aliphatic rings. The van der Waals surface area contributed by atoms with Gasteiger partial charge >= 0.3 is 5.97 Å². The Morgan fingerprint density at radius 3 is 2.55 bits per heavy atom. The molecule has 2 atom stereocenters. The second-order valence-corrected chi connectivity index (χ2v) is 5.03. The van der Waals surface area contributed by atoms with Crippen molar-refractivity contribution in [1.29, 1.82) is 0 Å². The quantitative estimate of drug-likeness (QED) is 0.717. The van der Waals surface area contributed by atoms with Crippen molar-refractivity contribution in [2.45, 2.75) is 45.3 Å². The molecule has 0 heterocycles. The third-order valence-electron chi connectivity index (χ3n) is 3.34. The van der Waals surface area contributed by atoms with Gasteiger partial charge in [0.05, 0.1) is 13.2 Å². The second-order valence-electron chi connectivity index (χ2n) is 5.03. The number of aryl methyl sites for hydroxylation is 1. The maximum atomic E-state index is 11.3. The Hall–Kier alpha value is -1.39. The fourth-order valence-corrected chi connectivity index (χ4v) is 2.07. The lowest BCUT2D eigenvalue weighted by Gasteiger charge is -2.24. The first kappa shape index (κ1) is 16.7. The minimum absolute atomic E-state index is 0.142. The summed E-state index contributed by atoms with van der Waals surface area (Å²) in [5.74, 6) is -0.246. The highest BCUT2D eigenvalue weighted by molar-refractivity contribution is 5.69. The fourth-order valence-electron chi connectivity index (χ4n) is 2.07. The molecule has 112 valence electrons. The lowest BCUT2D eigenvalue weighted by molar-refractivity contribution is -0.141. The molecule has 0 aliphatic heterocycles. The van der Waals surface area contributed by atoms with Gasteiger partial charge in [0.1, 0.15) is 0 Å². The first-order valence-electron chi connectivity index (χ1n) is 7.13. The number of ether oxygens (including phenoxy) is 1. The average Bonchev–Trinajstić information content (AvgIpc) is 2.47. The molecule has 0 aromatic heterocycles. The van der Waals surface area contributed by atoms with Crippen LogP contribution in [0.25, 0.3) is 0 Å². The largest absolute Gasteiger partial charge is 0.469 e. The molecule has 0 saturated heterocycles. The van der Waals surface area contributed by atoms with Crippen LogP contribution in [-0.2, 0) is 9.53 Å². The number of rotatable bonds is 8. The van der Waals surface area contributed by atoms with Crippen molar-refractivity contribution in [3.63, 3.8) is 0 Å². The van der Waals surface area contributed by atoms with Gasteiger partial charge in [-0.15, -0.1) is 0 Å². The fraction of sp³-hybridized carbons (Fsp3) is 0.562. The normalized spacial score (nSPS) is 13.8. The maximum Gasteiger partial charge on any atom is 0.305 e. The summed E-state index contributed by atoms with van der Waals surface area (Å²) in [6, 6.07) is 7.68. The van der Waals surface area contributed by atoms with Gasteiger partial charge in [-0.3, -0.25) is 4.79 Å². The van der Waals surface area contributed by atoms with Crippen LogP contribution in [0.3, 0.4) is 0 Å². The van der Waals surface area contributed by atoms with E-state index in [1.165, 1.54) is 7.11 Å². The van der Waals surface area contributed by atoms with E-state index in [9.17, 15) is 9.90 Å². The van der Waals surface area contributed by atoms with Crippen LogP contribution in [0.2, 0.25) is 0 Å². The van der Waals surface area contributed by atoms with Crippen molar-refractivity contribution in [3.05, 3.63) is 35.4 Å². The summed E-state index contributed by atoms with van der Waals surface area (Å²) >= 11 is 0. The van der Waals surface area contributed by atoms with E-state index in [1.807, 2.05) is 31.2 Å². The molecule has 0 radical (unpaired) electrons. The summed E-state index contributed by atoms with van der Waals surface area (Å²) in [6.07, 6.45) is 1.23. The van der Waals surface area contributed by atoms with Gasteiger partial charge in [-0.1, -0.05) is 36.8 Å². The Labute approximate surface area is 121 Å². The Kier molecular flexibility index (Phi) is 7.26. The highest BCUT2D eigenvalue weighted by Gasteiger charge is 2.21. The molecule has 20 heavy (non-hydrogen) atoms. The molecule has 1 aromatic carbocycles. The number of esters is 1. The number of benzene rings is 1. The summed E-state index contributed by atoms with van der Waals surface area (Å²) in [5, 5.41) is 13.8. The summed E-state index contributed by atoms with van der Waals surface area (Å²) in [5.41, 5.74) is 2.03. The van der Waals surface area contributed by atoms with Gasteiger partial charge in [-0.2, -0.15) is 0 Å². The van der Waals surface area contributed by atoms with Crippen molar-refractivity contribution >= 4 is 5.97 Å². The molecule has 2 N–H and O–H groups in total. The maximum absolute atomic E-state index is 11.3. The van der Waals surface area contributed by atoms with Crippen LogP contribution in [0.5, 0.6) is 0 Å². The van der Waals surface area contributed by atoms with E-state index in [0.29, 0.717) is 12.8 Å². The smallest absolute Gasteiger partial charge is 0.305 e. The highest BCUT2D eigenvalue weighted by Crippen LogP contribution is 2.20. The second kappa shape index (κ2) is 8.72. The Morgan fingerprint density at radius 2 is 2.00 bits per heavy atom. The molecule has 0 bridgehead atoms. The number of methoxy groups -OCH3 is 1. The minimum atomic E-state index is -0.619. The van der Waals surface area contributed by atoms with E-state index in [2.05, 4.69) is 17.0 Å². The van der Waals surface area contributed by atoms with Crippen LogP contribution in [0, 0.1) is 6.92 Å². The molecule has 0 aliphatic carbocycles. The molecular weight excluding hydrogens is 254 g/mol. The minimum Gasteiger partial charge on any atom is -0.469 e. The van der Waals surface area contributed by atoms with Crippen molar-refractivity contribution in [3.8, 4) is 0 Å². The average molecular weight is 279 g/mol. The van der Waals surface area contributed by atoms with Crippen molar-refractivity contribution in [2.24, 2.45) is 0 Å². The van der Waals surface area contributed by atoms with Crippen LogP contribution in [0.1, 0.15) is 43.4 Å². The Balaban J connectivity index is 2.69. The third kappa shape index (κ3) is 5.31. The van der Waals surface area contributed by atoms with E-state index in [4.69, 9.17) is 0 Å². The van der Waals surface area contributed by atoms with Crippen LogP contribution in [-0.4, -0.2) is 30.8 Å². The molecule has 0 fully saturated rings. The first-order valence-corrected chi connectivity index (χ1v) is 7.13. The number of nitrogens with one attached hydrogen (secondary N) is 1. The van der Waals surface area contributed by atoms with E-state index < -0.39 is 6.10 Å². The zero-order chi connectivity index (χ0) is 15.0. The zero-order valence-corrected chi connectivity index (χ0v) is 12.6. The van der Waals surface area contributed by atoms with E-state index in [-0.39, 0.29) is 12.0 Å². The van der Waals surface area contributed by atoms with E-state index in [0.717, 1.165) is 24.1 Å². The number of carbonyl (C=O) groups is 1. The Morgan fingerprint density at radius 1 is 1.35 bits per heavy atom. The standard InChI is InChI=1S/C16H25NO3/c1-4-11-17-14(9-10-15(18)20-3)16(19)13-7-5-12(2)6-8-13/h5-8,14,16-17,19H,4,9-11H2,1-3H3. The van der Waals surface area contributed by atoms with Gasteiger partial charge in [-0.05, 0) is 31.9 Å². The summed E-state index contributed by atoms with van der Waals surface area (Å²) in [7, 11) is 1.38. The van der Waals surface area contributed by atoms with Crippen molar-refractivity contribution < 1.29 is 14.6 Å². The van der Waals surface area contributed by atoms with E-state index >= 15 is 0 Å². The number of hydrogen-bond acceptors (Lipinski definition) is 4. The topological polar surface area (TPSA) is 58.6 Å². The van der Waals surface area contributed by atoms with Gasteiger partial charge in [0.25, 0.3) is 0 Å². The van der Waals surface area contributed by atoms with E-state index in [1.54, 1.807) is 0 Å². The van der Waals surface area contributed by atoms with Gasteiger partial charge in [-0.25, -0.2) is 0 Å². The lowest BCUT2D eigenvalue weighted by Crippen LogP contribution is -2.36. The van der Waals surface area contributed by atoms with Gasteiger partial charge in [0, 0.05) is 12.5 Å². The monoisotopic (exact) mass is 279 g/mol. The predicted molar refractivity (Wildman–Crippen MR) is 79.5 cm³/mol. The van der Waals surface area contributed by atoms with Crippen LogP contribution in [0.4, 0.5) is 0 Å². The zero-order valence-electron chi connectivity index (χ0n) is 12.6. The van der Waals surface area contributed by atoms with Gasteiger partial charge < -0.3 is 15.2 Å². The molecule has 4 heteroatoms. The molecule has 4 nitrogen and oxygen atoms in total. The predicted octanol–water partition coefficient (Wildman–Crippen LogP) is 2.35. The number of aliphatic hydroxyl groups excluding tert-OH is 1. The van der Waals surface area contributed by atoms with Gasteiger partial charge in [0.2, 0.25) is 0 Å². The lowest BCUT2D eigenvalue weighted by atomic mass is 9.97. The van der Waals surface area contributed by atoms with Crippen LogP contribution < -0.4 is 5.32 Å². The molecule has 1 aromatic rings. The summed E-state index contributed by atoms with van der Waals surface area (Å²) in [6.45, 7) is 4.90. The molecule has 2 unspecified atom stereocenters. The molecule has 0 amide bonds. The summed E-state index contributed by atoms with van der Waals surface area (Å²) in [4.78, 5) is 11.3. The van der Waals surface area contributed by atoms with Crippen molar-refractivity contribution in [2.75, 3.05) is 13.7 Å². The van der Waals surface area contributed by atoms with Crippen molar-refractivity contribution in [1.82, 2.24) is 5.32 Å². The first-order chi connectivity index (χ1) is 9.58. The molecule has 0 saturated carbocycles.